The zero-order chi connectivity index (χ0) is 17.3. The van der Waals surface area contributed by atoms with Gasteiger partial charge in [-0.3, -0.25) is 0 Å². The average Bonchev–Trinajstić information content (AvgIpc) is 2.99. The highest BCUT2D eigenvalue weighted by Crippen LogP contribution is 2.30. The van der Waals surface area contributed by atoms with E-state index in [9.17, 15) is 17.9 Å². The molecular formula is C16H13ClFNO3S2. The predicted octanol–water partition coefficient (Wildman–Crippen LogP) is 3.71. The van der Waals surface area contributed by atoms with E-state index in [4.69, 9.17) is 11.6 Å². The zero-order valence-electron chi connectivity index (χ0n) is 12.2. The Kier molecular flexibility index (Phi) is 4.89. The number of hydrogen-bond donors (Lipinski definition) is 2. The van der Waals surface area contributed by atoms with E-state index in [1.54, 1.807) is 5.38 Å². The van der Waals surface area contributed by atoms with Crippen LogP contribution in [-0.2, 0) is 10.0 Å². The van der Waals surface area contributed by atoms with Crippen LogP contribution in [0.5, 0.6) is 0 Å². The van der Waals surface area contributed by atoms with Gasteiger partial charge in [0.2, 0.25) is 10.0 Å². The molecule has 0 aliphatic heterocycles. The van der Waals surface area contributed by atoms with Gasteiger partial charge in [0.15, 0.2) is 0 Å². The number of halogens is 2. The summed E-state index contributed by atoms with van der Waals surface area (Å²) in [6.45, 7) is -0.196. The number of benzene rings is 2. The maximum atomic E-state index is 13.1. The number of sulfonamides is 1. The van der Waals surface area contributed by atoms with Crippen molar-refractivity contribution in [1.82, 2.24) is 4.72 Å². The molecule has 0 unspecified atom stereocenters. The zero-order valence-corrected chi connectivity index (χ0v) is 14.6. The molecule has 2 aromatic carbocycles. The smallest absolute Gasteiger partial charge is 0.240 e. The predicted molar refractivity (Wildman–Crippen MR) is 93.4 cm³/mol. The summed E-state index contributed by atoms with van der Waals surface area (Å²) < 4.78 is 40.9. The Morgan fingerprint density at radius 3 is 2.75 bits per heavy atom. The molecular weight excluding hydrogens is 373 g/mol. The van der Waals surface area contributed by atoms with Crippen LogP contribution < -0.4 is 4.72 Å². The van der Waals surface area contributed by atoms with Crippen molar-refractivity contribution in [2.45, 2.75) is 11.0 Å². The summed E-state index contributed by atoms with van der Waals surface area (Å²) in [6.07, 6.45) is -0.994. The Bertz CT molecular complexity index is 988. The second kappa shape index (κ2) is 6.78. The SMILES string of the molecule is O=S(=O)(NC[C@H](O)c1csc2ccccc12)c1ccc(F)c(Cl)c1. The highest BCUT2D eigenvalue weighted by atomic mass is 35.5. The van der Waals surface area contributed by atoms with Crippen LogP contribution in [0.1, 0.15) is 11.7 Å². The molecule has 0 saturated heterocycles. The van der Waals surface area contributed by atoms with E-state index in [1.165, 1.54) is 11.3 Å². The summed E-state index contributed by atoms with van der Waals surface area (Å²) in [5.41, 5.74) is 0.662. The van der Waals surface area contributed by atoms with Crippen LogP contribution in [0.4, 0.5) is 4.39 Å². The monoisotopic (exact) mass is 385 g/mol. The maximum Gasteiger partial charge on any atom is 0.240 e. The molecule has 0 fully saturated rings. The lowest BCUT2D eigenvalue weighted by Crippen LogP contribution is -2.28. The lowest BCUT2D eigenvalue weighted by Gasteiger charge is -2.12. The Morgan fingerprint density at radius 1 is 1.25 bits per heavy atom. The third-order valence-electron chi connectivity index (χ3n) is 3.54. The first-order valence-electron chi connectivity index (χ1n) is 6.97. The number of aliphatic hydroxyl groups is 1. The minimum absolute atomic E-state index is 0.156. The lowest BCUT2D eigenvalue weighted by molar-refractivity contribution is 0.184. The van der Waals surface area contributed by atoms with Gasteiger partial charge in [0, 0.05) is 16.8 Å². The van der Waals surface area contributed by atoms with Gasteiger partial charge in [0.1, 0.15) is 5.82 Å². The quantitative estimate of drug-likeness (QED) is 0.703. The number of aliphatic hydroxyl groups excluding tert-OH is 1. The Balaban J connectivity index is 1.77. The van der Waals surface area contributed by atoms with Crippen LogP contribution in [0, 0.1) is 5.82 Å². The van der Waals surface area contributed by atoms with Crippen LogP contribution in [0.25, 0.3) is 10.1 Å². The summed E-state index contributed by atoms with van der Waals surface area (Å²) in [4.78, 5) is -0.156. The normalized spacial score (nSPS) is 13.3. The van der Waals surface area contributed by atoms with Crippen molar-refractivity contribution in [3.63, 3.8) is 0 Å². The fourth-order valence-corrected chi connectivity index (χ4v) is 4.60. The van der Waals surface area contributed by atoms with E-state index < -0.39 is 21.9 Å². The second-order valence-electron chi connectivity index (χ2n) is 5.13. The van der Waals surface area contributed by atoms with Gasteiger partial charge < -0.3 is 5.11 Å². The summed E-state index contributed by atoms with van der Waals surface area (Å²) >= 11 is 7.09. The summed E-state index contributed by atoms with van der Waals surface area (Å²) in [5.74, 6) is -0.694. The molecule has 3 aromatic rings. The maximum absolute atomic E-state index is 13.1. The molecule has 1 aromatic heterocycles. The third-order valence-corrected chi connectivity index (χ3v) is 6.23. The van der Waals surface area contributed by atoms with Crippen LogP contribution >= 0.6 is 22.9 Å². The second-order valence-corrected chi connectivity index (χ2v) is 8.22. The molecule has 0 aliphatic rings. The third kappa shape index (κ3) is 3.45. The molecule has 24 heavy (non-hydrogen) atoms. The number of thiophene rings is 1. The van der Waals surface area contributed by atoms with E-state index in [1.807, 2.05) is 24.3 Å². The van der Waals surface area contributed by atoms with E-state index in [0.29, 0.717) is 5.56 Å². The van der Waals surface area contributed by atoms with Crippen molar-refractivity contribution >= 4 is 43.0 Å². The Morgan fingerprint density at radius 2 is 2.00 bits per heavy atom. The first kappa shape index (κ1) is 17.3. The van der Waals surface area contributed by atoms with Gasteiger partial charge in [-0.1, -0.05) is 29.8 Å². The molecule has 0 radical (unpaired) electrons. The minimum Gasteiger partial charge on any atom is -0.387 e. The van der Waals surface area contributed by atoms with Crippen LogP contribution in [0.2, 0.25) is 5.02 Å². The molecule has 0 bridgehead atoms. The number of hydrogen-bond acceptors (Lipinski definition) is 4. The molecule has 0 spiro atoms. The number of fused-ring (bicyclic) bond motifs is 1. The molecule has 4 nitrogen and oxygen atoms in total. The van der Waals surface area contributed by atoms with E-state index >= 15 is 0 Å². The standard InChI is InChI=1S/C16H13ClFNO3S2/c17-13-7-10(5-6-14(13)18)24(21,22)19-8-15(20)12-9-23-16-4-2-1-3-11(12)16/h1-7,9,15,19-20H,8H2/t15-/m0/s1. The van der Waals surface area contributed by atoms with E-state index in [-0.39, 0.29) is 16.5 Å². The molecule has 0 amide bonds. The first-order valence-corrected chi connectivity index (χ1v) is 9.71. The highest BCUT2D eigenvalue weighted by molar-refractivity contribution is 7.89. The molecule has 3 rings (SSSR count). The summed E-state index contributed by atoms with van der Waals surface area (Å²) in [5, 5.41) is 12.7. The van der Waals surface area contributed by atoms with Gasteiger partial charge in [-0.15, -0.1) is 11.3 Å². The molecule has 1 atom stereocenters. The van der Waals surface area contributed by atoms with Crippen molar-refractivity contribution < 1.29 is 17.9 Å². The molecule has 0 aliphatic carbocycles. The van der Waals surface area contributed by atoms with E-state index in [0.717, 1.165) is 28.3 Å². The molecule has 126 valence electrons. The number of nitrogens with one attached hydrogen (secondary N) is 1. The van der Waals surface area contributed by atoms with Gasteiger partial charge in [0.25, 0.3) is 0 Å². The highest BCUT2D eigenvalue weighted by Gasteiger charge is 2.19. The van der Waals surface area contributed by atoms with Crippen LogP contribution in [-0.4, -0.2) is 20.1 Å². The van der Waals surface area contributed by atoms with Crippen LogP contribution in [0.15, 0.2) is 52.7 Å². The minimum atomic E-state index is -3.90. The Labute approximate surface area is 147 Å². The van der Waals surface area contributed by atoms with Crippen molar-refractivity contribution in [2.75, 3.05) is 6.54 Å². The summed E-state index contributed by atoms with van der Waals surface area (Å²) in [6, 6.07) is 10.7. The molecule has 8 heteroatoms. The van der Waals surface area contributed by atoms with Gasteiger partial charge in [-0.25, -0.2) is 17.5 Å². The topological polar surface area (TPSA) is 66.4 Å². The lowest BCUT2D eigenvalue weighted by atomic mass is 10.1. The van der Waals surface area contributed by atoms with Gasteiger partial charge in [0.05, 0.1) is 16.0 Å². The van der Waals surface area contributed by atoms with Crippen molar-refractivity contribution in [2.24, 2.45) is 0 Å². The van der Waals surface area contributed by atoms with Gasteiger partial charge in [-0.05, 0) is 35.0 Å². The van der Waals surface area contributed by atoms with Gasteiger partial charge in [-0.2, -0.15) is 0 Å². The molecule has 0 saturated carbocycles. The fourth-order valence-electron chi connectivity index (χ4n) is 2.28. The van der Waals surface area contributed by atoms with Crippen molar-refractivity contribution in [3.05, 3.63) is 64.2 Å². The van der Waals surface area contributed by atoms with E-state index in [2.05, 4.69) is 4.72 Å². The van der Waals surface area contributed by atoms with Crippen molar-refractivity contribution in [3.8, 4) is 0 Å². The fraction of sp³-hybridized carbons (Fsp3) is 0.125. The first-order chi connectivity index (χ1) is 11.4. The van der Waals surface area contributed by atoms with Crippen LogP contribution in [0.3, 0.4) is 0 Å². The largest absolute Gasteiger partial charge is 0.387 e. The average molecular weight is 386 g/mol. The molecule has 2 N–H and O–H groups in total. The number of rotatable bonds is 5. The Hall–Kier alpha value is -1.51. The molecule has 1 heterocycles. The van der Waals surface area contributed by atoms with Gasteiger partial charge >= 0.3 is 0 Å². The van der Waals surface area contributed by atoms with Crippen molar-refractivity contribution in [1.29, 1.82) is 0 Å². The summed E-state index contributed by atoms with van der Waals surface area (Å²) in [7, 11) is -3.90.